The van der Waals surface area contributed by atoms with Crippen molar-refractivity contribution in [2.24, 2.45) is 0 Å². The first-order valence-corrected chi connectivity index (χ1v) is 11.6. The number of aryl methyl sites for hydroxylation is 2. The van der Waals surface area contributed by atoms with Crippen LogP contribution in [0.15, 0.2) is 65.6 Å². The molecule has 1 aliphatic heterocycles. The Bertz CT molecular complexity index is 1260. The molecule has 160 valence electrons. The SMILES string of the molecule is Cc1cc(Cl)ccc1NS(=O)(=O)c1ccc2c(c1)CCCN2C(=O)c1ccc(F)cc1. The van der Waals surface area contributed by atoms with Gasteiger partial charge in [-0.1, -0.05) is 11.6 Å². The molecular formula is C23H20ClFN2O3S. The van der Waals surface area contributed by atoms with Gasteiger partial charge in [-0.15, -0.1) is 0 Å². The van der Waals surface area contributed by atoms with Gasteiger partial charge >= 0.3 is 0 Å². The molecule has 3 aromatic rings. The monoisotopic (exact) mass is 458 g/mol. The second kappa shape index (κ2) is 8.32. The van der Waals surface area contributed by atoms with Gasteiger partial charge in [-0.25, -0.2) is 12.8 Å². The summed E-state index contributed by atoms with van der Waals surface area (Å²) < 4.78 is 41.7. The first kappa shape index (κ1) is 21.3. The number of halogens is 2. The minimum Gasteiger partial charge on any atom is -0.308 e. The number of sulfonamides is 1. The smallest absolute Gasteiger partial charge is 0.261 e. The van der Waals surface area contributed by atoms with E-state index in [1.807, 2.05) is 0 Å². The predicted molar refractivity (Wildman–Crippen MR) is 120 cm³/mol. The first-order valence-electron chi connectivity index (χ1n) is 9.74. The third-order valence-electron chi connectivity index (χ3n) is 5.25. The molecule has 1 heterocycles. The van der Waals surface area contributed by atoms with Crippen LogP contribution in [0.25, 0.3) is 0 Å². The van der Waals surface area contributed by atoms with Crippen LogP contribution in [-0.4, -0.2) is 20.9 Å². The van der Waals surface area contributed by atoms with E-state index >= 15 is 0 Å². The lowest BCUT2D eigenvalue weighted by Crippen LogP contribution is -2.35. The van der Waals surface area contributed by atoms with Gasteiger partial charge in [0.15, 0.2) is 0 Å². The van der Waals surface area contributed by atoms with Crippen molar-refractivity contribution in [1.29, 1.82) is 0 Å². The molecule has 0 bridgehead atoms. The molecule has 4 rings (SSSR count). The molecule has 0 saturated carbocycles. The number of anilines is 2. The Morgan fingerprint density at radius 3 is 2.52 bits per heavy atom. The molecule has 31 heavy (non-hydrogen) atoms. The molecule has 0 aromatic heterocycles. The van der Waals surface area contributed by atoms with Crippen LogP contribution >= 0.6 is 11.6 Å². The molecule has 0 fully saturated rings. The third-order valence-corrected chi connectivity index (χ3v) is 6.85. The predicted octanol–water partition coefficient (Wildman–Crippen LogP) is 5.18. The van der Waals surface area contributed by atoms with Gasteiger partial charge in [0.25, 0.3) is 15.9 Å². The summed E-state index contributed by atoms with van der Waals surface area (Å²) in [5.74, 6) is -0.652. The number of carbonyl (C=O) groups excluding carboxylic acids is 1. The number of rotatable bonds is 4. The van der Waals surface area contributed by atoms with Crippen LogP contribution in [0.3, 0.4) is 0 Å². The van der Waals surface area contributed by atoms with E-state index in [4.69, 9.17) is 11.6 Å². The van der Waals surface area contributed by atoms with Crippen LogP contribution < -0.4 is 9.62 Å². The molecule has 0 saturated heterocycles. The summed E-state index contributed by atoms with van der Waals surface area (Å²) in [6, 6.07) is 15.1. The molecular weight excluding hydrogens is 439 g/mol. The number of benzene rings is 3. The van der Waals surface area contributed by atoms with Gasteiger partial charge < -0.3 is 4.90 Å². The molecule has 1 aliphatic rings. The third kappa shape index (κ3) is 4.43. The summed E-state index contributed by atoms with van der Waals surface area (Å²) >= 11 is 5.95. The van der Waals surface area contributed by atoms with E-state index in [-0.39, 0.29) is 10.8 Å². The standard InChI is InChI=1S/C23H20ClFN2O3S/c1-15-13-18(24)6-10-21(15)26-31(29,30)20-9-11-22-17(14-20)3-2-12-27(22)23(28)16-4-7-19(25)8-5-16/h4-11,13-14,26H,2-3,12H2,1H3. The van der Waals surface area contributed by atoms with Gasteiger partial charge in [-0.3, -0.25) is 9.52 Å². The van der Waals surface area contributed by atoms with Crippen LogP contribution in [-0.2, 0) is 16.4 Å². The van der Waals surface area contributed by atoms with E-state index < -0.39 is 15.8 Å². The summed E-state index contributed by atoms with van der Waals surface area (Å²) in [5, 5.41) is 0.528. The number of nitrogens with zero attached hydrogens (tertiary/aromatic N) is 1. The van der Waals surface area contributed by atoms with Crippen LogP contribution in [0.4, 0.5) is 15.8 Å². The molecule has 1 N–H and O–H groups in total. The van der Waals surface area contributed by atoms with Crippen molar-refractivity contribution < 1.29 is 17.6 Å². The Balaban J connectivity index is 1.63. The summed E-state index contributed by atoms with van der Waals surface area (Å²) in [5.41, 5.74) is 2.99. The zero-order chi connectivity index (χ0) is 22.2. The van der Waals surface area contributed by atoms with E-state index in [9.17, 15) is 17.6 Å². The van der Waals surface area contributed by atoms with E-state index in [1.54, 1.807) is 42.2 Å². The summed E-state index contributed by atoms with van der Waals surface area (Å²) in [6.07, 6.45) is 1.36. The maximum atomic E-state index is 13.2. The van der Waals surface area contributed by atoms with Crippen LogP contribution in [0.5, 0.6) is 0 Å². The van der Waals surface area contributed by atoms with Crippen molar-refractivity contribution in [3.8, 4) is 0 Å². The van der Waals surface area contributed by atoms with E-state index in [2.05, 4.69) is 4.72 Å². The lowest BCUT2D eigenvalue weighted by Gasteiger charge is -2.30. The first-order chi connectivity index (χ1) is 14.7. The fraction of sp³-hybridized carbons (Fsp3) is 0.174. The molecule has 1 amide bonds. The maximum absolute atomic E-state index is 13.2. The summed E-state index contributed by atoms with van der Waals surface area (Å²) in [6.45, 7) is 2.28. The fourth-order valence-electron chi connectivity index (χ4n) is 3.65. The lowest BCUT2D eigenvalue weighted by molar-refractivity contribution is 0.0985. The number of amides is 1. The highest BCUT2D eigenvalue weighted by Gasteiger charge is 2.26. The molecule has 0 radical (unpaired) electrons. The van der Waals surface area contributed by atoms with Gasteiger partial charge in [0.2, 0.25) is 0 Å². The van der Waals surface area contributed by atoms with Crippen molar-refractivity contribution >= 4 is 38.9 Å². The zero-order valence-corrected chi connectivity index (χ0v) is 18.3. The Morgan fingerprint density at radius 2 is 1.81 bits per heavy atom. The summed E-state index contributed by atoms with van der Waals surface area (Å²) in [4.78, 5) is 14.7. The maximum Gasteiger partial charge on any atom is 0.261 e. The minimum absolute atomic E-state index is 0.122. The molecule has 0 spiro atoms. The number of fused-ring (bicyclic) bond motifs is 1. The van der Waals surface area contributed by atoms with E-state index in [1.165, 1.54) is 30.3 Å². The molecule has 5 nitrogen and oxygen atoms in total. The van der Waals surface area contributed by atoms with Crippen LogP contribution in [0, 0.1) is 12.7 Å². The van der Waals surface area contributed by atoms with Crippen LogP contribution in [0.2, 0.25) is 5.02 Å². The topological polar surface area (TPSA) is 66.5 Å². The highest BCUT2D eigenvalue weighted by molar-refractivity contribution is 7.92. The number of carbonyl (C=O) groups is 1. The lowest BCUT2D eigenvalue weighted by atomic mass is 10.0. The zero-order valence-electron chi connectivity index (χ0n) is 16.7. The van der Waals surface area contributed by atoms with Crippen molar-refractivity contribution in [1.82, 2.24) is 0 Å². The van der Waals surface area contributed by atoms with E-state index in [0.29, 0.717) is 46.9 Å². The normalized spacial score (nSPS) is 13.6. The van der Waals surface area contributed by atoms with Gasteiger partial charge in [0.1, 0.15) is 5.82 Å². The number of nitrogens with one attached hydrogen (secondary N) is 1. The minimum atomic E-state index is -3.82. The highest BCUT2D eigenvalue weighted by atomic mass is 35.5. The average Bonchev–Trinajstić information content (AvgIpc) is 2.75. The van der Waals surface area contributed by atoms with Crippen molar-refractivity contribution in [2.45, 2.75) is 24.7 Å². The molecule has 8 heteroatoms. The van der Waals surface area contributed by atoms with Gasteiger partial charge in [0.05, 0.1) is 10.6 Å². The molecule has 3 aromatic carbocycles. The highest BCUT2D eigenvalue weighted by Crippen LogP contribution is 2.31. The van der Waals surface area contributed by atoms with Gasteiger partial charge in [-0.05, 0) is 91.6 Å². The fourth-order valence-corrected chi connectivity index (χ4v) is 5.05. The Labute approximate surface area is 185 Å². The van der Waals surface area contributed by atoms with E-state index in [0.717, 1.165) is 5.56 Å². The van der Waals surface area contributed by atoms with Crippen molar-refractivity contribution in [2.75, 3.05) is 16.2 Å². The molecule has 0 aliphatic carbocycles. The number of hydrogen-bond acceptors (Lipinski definition) is 3. The number of hydrogen-bond donors (Lipinski definition) is 1. The van der Waals surface area contributed by atoms with Crippen molar-refractivity contribution in [3.63, 3.8) is 0 Å². The Kier molecular flexibility index (Phi) is 5.73. The van der Waals surface area contributed by atoms with Crippen LogP contribution in [0.1, 0.15) is 27.9 Å². The van der Waals surface area contributed by atoms with Gasteiger partial charge in [-0.2, -0.15) is 0 Å². The summed E-state index contributed by atoms with van der Waals surface area (Å²) in [7, 11) is -3.82. The molecule has 0 atom stereocenters. The van der Waals surface area contributed by atoms with Gasteiger partial charge in [0, 0.05) is 22.8 Å². The van der Waals surface area contributed by atoms with Crippen molar-refractivity contribution in [3.05, 3.63) is 88.2 Å². The Hall–Kier alpha value is -2.90. The molecule has 0 unspecified atom stereocenters. The second-order valence-corrected chi connectivity index (χ2v) is 9.54. The largest absolute Gasteiger partial charge is 0.308 e. The average molecular weight is 459 g/mol. The second-order valence-electron chi connectivity index (χ2n) is 7.42. The quantitative estimate of drug-likeness (QED) is 0.585. The Morgan fingerprint density at radius 1 is 1.06 bits per heavy atom.